The summed E-state index contributed by atoms with van der Waals surface area (Å²) in [7, 11) is -0.849. The van der Waals surface area contributed by atoms with Crippen LogP contribution in [0.1, 0.15) is 30.0 Å². The van der Waals surface area contributed by atoms with Crippen molar-refractivity contribution >= 4 is 15.7 Å². The first-order valence-electron chi connectivity index (χ1n) is 8.78. The van der Waals surface area contributed by atoms with Crippen LogP contribution in [-0.4, -0.2) is 38.4 Å². The molecule has 1 aliphatic heterocycles. The number of aryl methyl sites for hydroxylation is 1. The third-order valence-corrected chi connectivity index (χ3v) is 6.89. The molecule has 3 rings (SSSR count). The first-order chi connectivity index (χ1) is 13.3. The number of benzene rings is 2. The summed E-state index contributed by atoms with van der Waals surface area (Å²) in [5.41, 5.74) is 0.914. The number of nitro benzene ring substituents is 1. The third-order valence-electron chi connectivity index (χ3n) is 4.98. The van der Waals surface area contributed by atoms with E-state index in [1.165, 1.54) is 23.5 Å². The molecule has 8 nitrogen and oxygen atoms in total. The van der Waals surface area contributed by atoms with Crippen molar-refractivity contribution in [3.63, 3.8) is 0 Å². The maximum absolute atomic E-state index is 13.3. The second kappa shape index (κ2) is 7.76. The summed E-state index contributed by atoms with van der Waals surface area (Å²) in [4.78, 5) is 10.6. The van der Waals surface area contributed by atoms with Crippen LogP contribution < -0.4 is 9.47 Å². The number of sulfonamides is 1. The number of methoxy groups -OCH3 is 2. The van der Waals surface area contributed by atoms with E-state index in [2.05, 4.69) is 0 Å². The van der Waals surface area contributed by atoms with Crippen molar-refractivity contribution in [3.8, 4) is 11.5 Å². The van der Waals surface area contributed by atoms with Crippen LogP contribution in [0, 0.1) is 17.0 Å². The fraction of sp³-hybridized carbons (Fsp3) is 0.368. The highest BCUT2D eigenvalue weighted by Gasteiger charge is 2.38. The molecule has 0 radical (unpaired) electrons. The van der Waals surface area contributed by atoms with Gasteiger partial charge in [0.1, 0.15) is 11.5 Å². The Labute approximate surface area is 163 Å². The second-order valence-corrected chi connectivity index (χ2v) is 8.48. The van der Waals surface area contributed by atoms with Gasteiger partial charge in [0.15, 0.2) is 0 Å². The fourth-order valence-electron chi connectivity index (χ4n) is 3.52. The van der Waals surface area contributed by atoms with Gasteiger partial charge in [-0.15, -0.1) is 0 Å². The standard InChI is InChI=1S/C19H22N2O6S/c1-13-6-8-15(12-18(13)21(22)23)28(24,25)20-10-4-5-17(20)16-11-14(26-2)7-9-19(16)27-3/h6-9,11-12,17H,4-5,10H2,1-3H3/t17-/m1/s1. The molecule has 1 aliphatic rings. The molecule has 0 spiro atoms. The SMILES string of the molecule is COc1ccc(OC)c([C@H]2CCCN2S(=O)(=O)c2ccc(C)c([N+](=O)[O-])c2)c1. The van der Waals surface area contributed by atoms with Gasteiger partial charge in [0.2, 0.25) is 10.0 Å². The van der Waals surface area contributed by atoms with Crippen LogP contribution in [0.15, 0.2) is 41.3 Å². The summed E-state index contributed by atoms with van der Waals surface area (Å²) >= 11 is 0. The van der Waals surface area contributed by atoms with E-state index in [-0.39, 0.29) is 10.6 Å². The van der Waals surface area contributed by atoms with E-state index in [1.54, 1.807) is 32.2 Å². The molecular weight excluding hydrogens is 384 g/mol. The highest BCUT2D eigenvalue weighted by Crippen LogP contribution is 2.42. The highest BCUT2D eigenvalue weighted by atomic mass is 32.2. The molecule has 1 saturated heterocycles. The molecule has 0 amide bonds. The van der Waals surface area contributed by atoms with Gasteiger partial charge < -0.3 is 9.47 Å². The van der Waals surface area contributed by atoms with Crippen LogP contribution >= 0.6 is 0 Å². The van der Waals surface area contributed by atoms with Gasteiger partial charge in [-0.25, -0.2) is 8.42 Å². The number of ether oxygens (including phenoxy) is 2. The molecule has 0 saturated carbocycles. The molecule has 0 aromatic heterocycles. The molecule has 1 heterocycles. The van der Waals surface area contributed by atoms with Gasteiger partial charge in [-0.1, -0.05) is 6.07 Å². The minimum atomic E-state index is -3.92. The largest absolute Gasteiger partial charge is 0.497 e. The van der Waals surface area contributed by atoms with Gasteiger partial charge >= 0.3 is 0 Å². The molecule has 0 unspecified atom stereocenters. The quantitative estimate of drug-likeness (QED) is 0.538. The van der Waals surface area contributed by atoms with E-state index in [4.69, 9.17) is 9.47 Å². The fourth-order valence-corrected chi connectivity index (χ4v) is 5.21. The van der Waals surface area contributed by atoms with Crippen molar-refractivity contribution in [2.45, 2.75) is 30.7 Å². The average Bonchev–Trinajstić information content (AvgIpc) is 3.18. The summed E-state index contributed by atoms with van der Waals surface area (Å²) in [6, 6.07) is 8.83. The Balaban J connectivity index is 2.06. The summed E-state index contributed by atoms with van der Waals surface area (Å²) in [6.07, 6.45) is 1.30. The van der Waals surface area contributed by atoms with Crippen LogP contribution in [0.25, 0.3) is 0 Å². The minimum Gasteiger partial charge on any atom is -0.497 e. The van der Waals surface area contributed by atoms with Crippen molar-refractivity contribution in [2.75, 3.05) is 20.8 Å². The smallest absolute Gasteiger partial charge is 0.273 e. The maximum Gasteiger partial charge on any atom is 0.273 e. The monoisotopic (exact) mass is 406 g/mol. The van der Waals surface area contributed by atoms with Crippen LogP contribution in [0.2, 0.25) is 0 Å². The van der Waals surface area contributed by atoms with E-state index < -0.39 is 21.0 Å². The summed E-state index contributed by atoms with van der Waals surface area (Å²) in [6.45, 7) is 1.91. The lowest BCUT2D eigenvalue weighted by Crippen LogP contribution is -2.31. The van der Waals surface area contributed by atoms with Crippen LogP contribution in [0.4, 0.5) is 5.69 Å². The predicted molar refractivity (Wildman–Crippen MR) is 103 cm³/mol. The lowest BCUT2D eigenvalue weighted by atomic mass is 10.0. The van der Waals surface area contributed by atoms with Crippen LogP contribution in [0.5, 0.6) is 11.5 Å². The van der Waals surface area contributed by atoms with Gasteiger partial charge in [0.05, 0.1) is 30.1 Å². The zero-order chi connectivity index (χ0) is 20.5. The number of hydrogen-bond acceptors (Lipinski definition) is 6. The predicted octanol–water partition coefficient (Wildman–Crippen LogP) is 3.45. The van der Waals surface area contributed by atoms with Gasteiger partial charge in [0, 0.05) is 23.7 Å². The molecule has 0 bridgehead atoms. The van der Waals surface area contributed by atoms with Gasteiger partial charge in [-0.2, -0.15) is 4.31 Å². The van der Waals surface area contributed by atoms with E-state index in [0.717, 1.165) is 6.07 Å². The second-order valence-electron chi connectivity index (χ2n) is 6.59. The number of nitro groups is 1. The molecular formula is C19H22N2O6S. The lowest BCUT2D eigenvalue weighted by molar-refractivity contribution is -0.385. The first kappa shape index (κ1) is 20.1. The Bertz CT molecular complexity index is 1010. The topological polar surface area (TPSA) is 99.0 Å². The zero-order valence-corrected chi connectivity index (χ0v) is 16.7. The Hall–Kier alpha value is -2.65. The zero-order valence-electron chi connectivity index (χ0n) is 15.9. The van der Waals surface area contributed by atoms with E-state index in [0.29, 0.717) is 42.0 Å². The Morgan fingerprint density at radius 2 is 1.89 bits per heavy atom. The van der Waals surface area contributed by atoms with Crippen molar-refractivity contribution < 1.29 is 22.8 Å². The summed E-state index contributed by atoms with van der Waals surface area (Å²) < 4.78 is 38.7. The van der Waals surface area contributed by atoms with Crippen molar-refractivity contribution in [1.82, 2.24) is 4.31 Å². The summed E-state index contributed by atoms with van der Waals surface area (Å²) in [5.74, 6) is 1.17. The Morgan fingerprint density at radius 1 is 1.14 bits per heavy atom. The first-order valence-corrected chi connectivity index (χ1v) is 10.2. The molecule has 150 valence electrons. The van der Waals surface area contributed by atoms with Crippen molar-refractivity contribution in [3.05, 3.63) is 57.6 Å². The van der Waals surface area contributed by atoms with Crippen LogP contribution in [0.3, 0.4) is 0 Å². The van der Waals surface area contributed by atoms with E-state index >= 15 is 0 Å². The minimum absolute atomic E-state index is 0.0847. The van der Waals surface area contributed by atoms with Gasteiger partial charge in [-0.3, -0.25) is 10.1 Å². The maximum atomic E-state index is 13.3. The molecule has 28 heavy (non-hydrogen) atoms. The number of hydrogen-bond donors (Lipinski definition) is 0. The molecule has 0 N–H and O–H groups in total. The van der Waals surface area contributed by atoms with Crippen molar-refractivity contribution in [1.29, 1.82) is 0 Å². The average molecular weight is 406 g/mol. The van der Waals surface area contributed by atoms with Gasteiger partial charge in [0.25, 0.3) is 5.69 Å². The normalized spacial score (nSPS) is 17.5. The molecule has 2 aromatic carbocycles. The lowest BCUT2D eigenvalue weighted by Gasteiger charge is -2.26. The molecule has 1 atom stereocenters. The van der Waals surface area contributed by atoms with Crippen molar-refractivity contribution in [2.24, 2.45) is 0 Å². The summed E-state index contributed by atoms with van der Waals surface area (Å²) in [5, 5.41) is 11.2. The molecule has 0 aliphatic carbocycles. The number of rotatable bonds is 6. The number of nitrogens with zero attached hydrogens (tertiary/aromatic N) is 2. The Morgan fingerprint density at radius 3 is 2.54 bits per heavy atom. The van der Waals surface area contributed by atoms with Crippen LogP contribution in [-0.2, 0) is 10.0 Å². The molecule has 1 fully saturated rings. The third kappa shape index (κ3) is 3.55. The van der Waals surface area contributed by atoms with E-state index in [9.17, 15) is 18.5 Å². The van der Waals surface area contributed by atoms with Gasteiger partial charge in [-0.05, 0) is 44.0 Å². The van der Waals surface area contributed by atoms with E-state index in [1.807, 2.05) is 0 Å². The molecule has 2 aromatic rings. The Kier molecular flexibility index (Phi) is 5.57. The molecule has 9 heteroatoms. The highest BCUT2D eigenvalue weighted by molar-refractivity contribution is 7.89.